The van der Waals surface area contributed by atoms with Crippen LogP contribution in [0.3, 0.4) is 0 Å². The topological polar surface area (TPSA) is 43.1 Å². The highest BCUT2D eigenvalue weighted by Gasteiger charge is 2.09. The zero-order valence-corrected chi connectivity index (χ0v) is 10.1. The highest BCUT2D eigenvalue weighted by molar-refractivity contribution is 6.20. The quantitative estimate of drug-likeness (QED) is 0.587. The molecule has 0 aliphatic rings. The summed E-state index contributed by atoms with van der Waals surface area (Å²) in [5.74, 6) is 0.166. The molecule has 0 radical (unpaired) electrons. The van der Waals surface area contributed by atoms with E-state index < -0.39 is 0 Å². The van der Waals surface area contributed by atoms with Crippen molar-refractivity contribution in [1.29, 1.82) is 0 Å². The highest BCUT2D eigenvalue weighted by Crippen LogP contribution is 2.14. The summed E-state index contributed by atoms with van der Waals surface area (Å²) in [6, 6.07) is 9.33. The van der Waals surface area contributed by atoms with Gasteiger partial charge < -0.3 is 5.73 Å². The Morgan fingerprint density at radius 2 is 1.94 bits per heavy atom. The van der Waals surface area contributed by atoms with Crippen molar-refractivity contribution in [2.45, 2.75) is 31.1 Å². The summed E-state index contributed by atoms with van der Waals surface area (Å²) in [5, 5.41) is 0.0659. The second-order valence-electron chi connectivity index (χ2n) is 3.86. The molecule has 2 N–H and O–H groups in total. The van der Waals surface area contributed by atoms with Gasteiger partial charge in [0.1, 0.15) is 0 Å². The van der Waals surface area contributed by atoms with Gasteiger partial charge in [0, 0.05) is 17.4 Å². The van der Waals surface area contributed by atoms with Crippen molar-refractivity contribution in [1.82, 2.24) is 0 Å². The van der Waals surface area contributed by atoms with Crippen LogP contribution in [-0.2, 0) is 0 Å². The van der Waals surface area contributed by atoms with Gasteiger partial charge in [-0.3, -0.25) is 4.79 Å². The molecule has 0 amide bonds. The molecule has 0 fully saturated rings. The van der Waals surface area contributed by atoms with E-state index in [2.05, 4.69) is 0 Å². The monoisotopic (exact) mass is 239 g/mol. The number of rotatable bonds is 7. The molecule has 0 bridgehead atoms. The molecule has 0 aliphatic heterocycles. The minimum Gasteiger partial charge on any atom is -0.330 e. The maximum atomic E-state index is 11.7. The molecule has 3 heteroatoms. The molecule has 1 aromatic rings. The third kappa shape index (κ3) is 4.77. The Morgan fingerprint density at radius 3 is 2.56 bits per heavy atom. The summed E-state index contributed by atoms with van der Waals surface area (Å²) in [7, 11) is 0. The van der Waals surface area contributed by atoms with Crippen molar-refractivity contribution in [2.75, 3.05) is 6.54 Å². The number of Topliss-reactive ketones (excluding diaryl/α,β-unsaturated/α-hetero) is 1. The Hall–Kier alpha value is -0.860. The first-order chi connectivity index (χ1) is 7.74. The molecule has 0 heterocycles. The molecular weight excluding hydrogens is 222 g/mol. The average molecular weight is 240 g/mol. The number of hydrogen-bond donors (Lipinski definition) is 1. The van der Waals surface area contributed by atoms with Crippen molar-refractivity contribution >= 4 is 17.4 Å². The molecule has 0 aromatic heterocycles. The van der Waals surface area contributed by atoms with Crippen molar-refractivity contribution in [3.8, 4) is 0 Å². The SMILES string of the molecule is NCCCC(Cl)CCC(=O)c1ccccc1. The van der Waals surface area contributed by atoms with Gasteiger partial charge in [-0.05, 0) is 25.8 Å². The van der Waals surface area contributed by atoms with Crippen molar-refractivity contribution in [3.63, 3.8) is 0 Å². The molecule has 0 spiro atoms. The normalized spacial score (nSPS) is 12.4. The molecule has 1 rings (SSSR count). The van der Waals surface area contributed by atoms with Gasteiger partial charge in [-0.2, -0.15) is 0 Å². The van der Waals surface area contributed by atoms with Crippen LogP contribution in [0.1, 0.15) is 36.0 Å². The van der Waals surface area contributed by atoms with Crippen LogP contribution in [0.15, 0.2) is 30.3 Å². The minimum atomic E-state index is 0.0659. The number of nitrogens with two attached hydrogens (primary N) is 1. The van der Waals surface area contributed by atoms with Gasteiger partial charge in [0.25, 0.3) is 0 Å². The minimum absolute atomic E-state index is 0.0659. The molecule has 88 valence electrons. The molecule has 1 atom stereocenters. The summed E-state index contributed by atoms with van der Waals surface area (Å²) >= 11 is 6.08. The van der Waals surface area contributed by atoms with Crippen LogP contribution >= 0.6 is 11.6 Å². The van der Waals surface area contributed by atoms with E-state index in [1.54, 1.807) is 0 Å². The molecule has 1 aromatic carbocycles. The molecule has 0 saturated carbocycles. The molecular formula is C13H18ClNO. The Morgan fingerprint density at radius 1 is 1.25 bits per heavy atom. The van der Waals surface area contributed by atoms with E-state index in [0.717, 1.165) is 24.8 Å². The second kappa shape index (κ2) is 7.42. The van der Waals surface area contributed by atoms with Crippen molar-refractivity contribution in [3.05, 3.63) is 35.9 Å². The van der Waals surface area contributed by atoms with Crippen LogP contribution in [0, 0.1) is 0 Å². The van der Waals surface area contributed by atoms with Crippen LogP contribution in [0.5, 0.6) is 0 Å². The predicted octanol–water partition coefficient (Wildman–Crippen LogP) is 3.00. The summed E-state index contributed by atoms with van der Waals surface area (Å²) in [5.41, 5.74) is 6.17. The van der Waals surface area contributed by atoms with Gasteiger partial charge >= 0.3 is 0 Å². The van der Waals surface area contributed by atoms with Gasteiger partial charge in [0.2, 0.25) is 0 Å². The Labute approximate surface area is 102 Å². The van der Waals surface area contributed by atoms with Crippen LogP contribution < -0.4 is 5.73 Å². The van der Waals surface area contributed by atoms with Crippen molar-refractivity contribution in [2.24, 2.45) is 5.73 Å². The van der Waals surface area contributed by atoms with Gasteiger partial charge in [0.15, 0.2) is 5.78 Å². The standard InChI is InChI=1S/C13H18ClNO/c14-12(7-4-10-15)8-9-13(16)11-5-2-1-3-6-11/h1-3,5-6,12H,4,7-10,15H2. The number of carbonyl (C=O) groups is 1. The number of benzene rings is 1. The van der Waals surface area contributed by atoms with Crippen LogP contribution in [0.4, 0.5) is 0 Å². The zero-order valence-electron chi connectivity index (χ0n) is 9.36. The lowest BCUT2D eigenvalue weighted by atomic mass is 10.0. The maximum absolute atomic E-state index is 11.7. The van der Waals surface area contributed by atoms with E-state index in [-0.39, 0.29) is 11.2 Å². The van der Waals surface area contributed by atoms with E-state index in [0.29, 0.717) is 13.0 Å². The van der Waals surface area contributed by atoms with Crippen LogP contribution in [0.2, 0.25) is 0 Å². The first-order valence-electron chi connectivity index (χ1n) is 5.66. The Balaban J connectivity index is 2.30. The largest absolute Gasteiger partial charge is 0.330 e. The van der Waals surface area contributed by atoms with E-state index >= 15 is 0 Å². The number of halogens is 1. The third-order valence-electron chi connectivity index (χ3n) is 2.50. The zero-order chi connectivity index (χ0) is 11.8. The van der Waals surface area contributed by atoms with E-state index in [1.165, 1.54) is 0 Å². The Kier molecular flexibility index (Phi) is 6.12. The van der Waals surface area contributed by atoms with Gasteiger partial charge in [-0.15, -0.1) is 11.6 Å². The van der Waals surface area contributed by atoms with Gasteiger partial charge in [-0.25, -0.2) is 0 Å². The average Bonchev–Trinajstić information content (AvgIpc) is 2.34. The summed E-state index contributed by atoms with van der Waals surface area (Å²) in [6.45, 7) is 0.663. The fraction of sp³-hybridized carbons (Fsp3) is 0.462. The Bertz CT molecular complexity index is 313. The summed E-state index contributed by atoms with van der Waals surface area (Å²) in [4.78, 5) is 11.7. The van der Waals surface area contributed by atoms with E-state index in [1.807, 2.05) is 30.3 Å². The summed E-state index contributed by atoms with van der Waals surface area (Å²) in [6.07, 6.45) is 3.06. The lowest BCUT2D eigenvalue weighted by molar-refractivity contribution is 0.0979. The first kappa shape index (κ1) is 13.2. The molecule has 2 nitrogen and oxygen atoms in total. The fourth-order valence-electron chi connectivity index (χ4n) is 1.54. The van der Waals surface area contributed by atoms with Gasteiger partial charge in [0.05, 0.1) is 0 Å². The number of hydrogen-bond acceptors (Lipinski definition) is 2. The summed E-state index contributed by atoms with van der Waals surface area (Å²) < 4.78 is 0. The lowest BCUT2D eigenvalue weighted by Crippen LogP contribution is -2.07. The van der Waals surface area contributed by atoms with E-state index in [4.69, 9.17) is 17.3 Å². The fourth-order valence-corrected chi connectivity index (χ4v) is 1.80. The van der Waals surface area contributed by atoms with E-state index in [9.17, 15) is 4.79 Å². The lowest BCUT2D eigenvalue weighted by Gasteiger charge is -2.07. The third-order valence-corrected chi connectivity index (χ3v) is 2.94. The maximum Gasteiger partial charge on any atom is 0.162 e. The van der Waals surface area contributed by atoms with Crippen LogP contribution in [0.25, 0.3) is 0 Å². The number of alkyl halides is 1. The molecule has 0 aliphatic carbocycles. The molecule has 16 heavy (non-hydrogen) atoms. The number of carbonyl (C=O) groups excluding carboxylic acids is 1. The predicted molar refractivity (Wildman–Crippen MR) is 67.9 cm³/mol. The van der Waals surface area contributed by atoms with Crippen molar-refractivity contribution < 1.29 is 4.79 Å². The molecule has 1 unspecified atom stereocenters. The van der Waals surface area contributed by atoms with Crippen LogP contribution in [-0.4, -0.2) is 17.7 Å². The smallest absolute Gasteiger partial charge is 0.162 e. The molecule has 0 saturated heterocycles. The first-order valence-corrected chi connectivity index (χ1v) is 6.10. The second-order valence-corrected chi connectivity index (χ2v) is 4.47. The number of ketones is 1. The highest BCUT2D eigenvalue weighted by atomic mass is 35.5. The van der Waals surface area contributed by atoms with Gasteiger partial charge in [-0.1, -0.05) is 30.3 Å².